The molecule has 2 aliphatic carbocycles. The zero-order valence-corrected chi connectivity index (χ0v) is 32.2. The second kappa shape index (κ2) is 15.2. The number of methoxy groups -OCH3 is 4. The Morgan fingerprint density at radius 3 is 2.30 bits per heavy atom. The number of hydrogen-bond donors (Lipinski definition) is 2. The molecule has 13 nitrogen and oxygen atoms in total. The standard InChI is InChI=1S/C42H42N2O11S/c1-51-30-7-5-6-28(20-30)42-23-27(25-43-39(42)19-26-18-32(53-3)22-38(54-4)40(26)42)36-21-31(52-2)10-13-34(36)35-14-15-41(46,24-37(35)45)16-17-55-56(49,50)33-11-8-29(9-12-33)44(47)48/h5-14,18,20-23,39,43,46H,15-17,19,24-25H2,1-4H3/t39-,41-,42+/m0/s1. The summed E-state index contributed by atoms with van der Waals surface area (Å²) in [5, 5.41) is 26.2. The number of benzene rings is 4. The van der Waals surface area contributed by atoms with E-state index in [-0.39, 0.29) is 41.7 Å². The third kappa shape index (κ3) is 7.05. The molecular formula is C42H42N2O11S. The molecule has 0 saturated carbocycles. The van der Waals surface area contributed by atoms with Gasteiger partial charge in [0.15, 0.2) is 5.78 Å². The van der Waals surface area contributed by atoms with Crippen LogP contribution in [-0.2, 0) is 30.9 Å². The van der Waals surface area contributed by atoms with Crippen LogP contribution in [0.3, 0.4) is 0 Å². The molecular weight excluding hydrogens is 741 g/mol. The second-order valence-electron chi connectivity index (χ2n) is 14.1. The van der Waals surface area contributed by atoms with Gasteiger partial charge in [0, 0.05) is 54.8 Å². The number of nitro benzene ring substituents is 1. The molecule has 3 atom stereocenters. The van der Waals surface area contributed by atoms with E-state index in [1.165, 1.54) is 0 Å². The van der Waals surface area contributed by atoms with Gasteiger partial charge >= 0.3 is 0 Å². The topological polar surface area (TPSA) is 173 Å². The number of ether oxygens (including phenoxy) is 4. The van der Waals surface area contributed by atoms with Gasteiger partial charge in [-0.2, -0.15) is 8.42 Å². The van der Waals surface area contributed by atoms with Gasteiger partial charge in [-0.25, -0.2) is 0 Å². The van der Waals surface area contributed by atoms with Crippen LogP contribution in [0.1, 0.15) is 47.1 Å². The lowest BCUT2D eigenvalue weighted by Crippen LogP contribution is -2.49. The highest BCUT2D eigenvalue weighted by Gasteiger charge is 2.51. The molecule has 0 amide bonds. The molecule has 1 heterocycles. The molecule has 0 radical (unpaired) electrons. The minimum atomic E-state index is -4.26. The number of Topliss-reactive ketones (excluding diaryl/α,β-unsaturated/α-hetero) is 1. The first-order valence-corrected chi connectivity index (χ1v) is 19.4. The fourth-order valence-corrected chi connectivity index (χ4v) is 9.08. The van der Waals surface area contributed by atoms with Gasteiger partial charge in [0.25, 0.3) is 15.8 Å². The van der Waals surface area contributed by atoms with E-state index in [9.17, 15) is 28.4 Å². The lowest BCUT2D eigenvalue weighted by molar-refractivity contribution is -0.384. The van der Waals surface area contributed by atoms with Crippen molar-refractivity contribution in [1.29, 1.82) is 0 Å². The van der Waals surface area contributed by atoms with Crippen LogP contribution in [0.2, 0.25) is 0 Å². The Labute approximate surface area is 324 Å². The number of carbonyl (C=O) groups excluding carboxylic acids is 1. The van der Waals surface area contributed by atoms with E-state index in [2.05, 4.69) is 17.5 Å². The molecule has 292 valence electrons. The average Bonchev–Trinajstić information content (AvgIpc) is 3.55. The lowest BCUT2D eigenvalue weighted by Gasteiger charge is -2.41. The molecule has 56 heavy (non-hydrogen) atoms. The Morgan fingerprint density at radius 2 is 1.62 bits per heavy atom. The fraction of sp³-hybridized carbons (Fsp3) is 0.310. The quantitative estimate of drug-likeness (QED) is 0.0950. The zero-order chi connectivity index (χ0) is 39.8. The van der Waals surface area contributed by atoms with Crippen LogP contribution in [-0.4, -0.2) is 77.5 Å². The number of allylic oxidation sites excluding steroid dienone is 1. The number of nitrogens with zero attached hydrogens (tertiary/aromatic N) is 1. The van der Waals surface area contributed by atoms with Crippen molar-refractivity contribution in [1.82, 2.24) is 5.32 Å². The summed E-state index contributed by atoms with van der Waals surface area (Å²) in [6, 6.07) is 21.7. The molecule has 0 bridgehead atoms. The van der Waals surface area contributed by atoms with Gasteiger partial charge in [-0.15, -0.1) is 0 Å². The zero-order valence-electron chi connectivity index (χ0n) is 31.4. The highest BCUT2D eigenvalue weighted by molar-refractivity contribution is 7.86. The maximum atomic E-state index is 14.0. The molecule has 1 aliphatic heterocycles. The van der Waals surface area contributed by atoms with E-state index in [0.29, 0.717) is 47.1 Å². The van der Waals surface area contributed by atoms with Crippen LogP contribution in [0, 0.1) is 10.1 Å². The van der Waals surface area contributed by atoms with Gasteiger partial charge in [0.2, 0.25) is 0 Å². The number of aliphatic hydroxyl groups is 1. The third-order valence-corrected chi connectivity index (χ3v) is 12.3. The number of nitrogens with one attached hydrogen (secondary N) is 1. The number of hydrogen-bond acceptors (Lipinski definition) is 12. The molecule has 0 spiro atoms. The monoisotopic (exact) mass is 782 g/mol. The van der Waals surface area contributed by atoms with E-state index in [1.54, 1.807) is 40.6 Å². The van der Waals surface area contributed by atoms with Crippen molar-refractivity contribution >= 4 is 32.7 Å². The molecule has 0 fully saturated rings. The van der Waals surface area contributed by atoms with Crippen LogP contribution < -0.4 is 24.3 Å². The van der Waals surface area contributed by atoms with E-state index >= 15 is 0 Å². The smallest absolute Gasteiger partial charge is 0.296 e. The van der Waals surface area contributed by atoms with Gasteiger partial charge < -0.3 is 29.4 Å². The van der Waals surface area contributed by atoms with Gasteiger partial charge in [0.05, 0.1) is 55.9 Å². The van der Waals surface area contributed by atoms with Gasteiger partial charge in [0.1, 0.15) is 23.0 Å². The predicted octanol–water partition coefficient (Wildman–Crippen LogP) is 5.80. The molecule has 0 aromatic heterocycles. The first kappa shape index (κ1) is 38.7. The summed E-state index contributed by atoms with van der Waals surface area (Å²) in [5.41, 5.74) is 3.35. The van der Waals surface area contributed by atoms with Gasteiger partial charge in [-0.3, -0.25) is 19.1 Å². The number of nitro groups is 1. The Hall–Kier alpha value is -5.54. The Bertz CT molecular complexity index is 2370. The average molecular weight is 783 g/mol. The summed E-state index contributed by atoms with van der Waals surface area (Å²) in [5.74, 6) is 2.37. The van der Waals surface area contributed by atoms with E-state index in [4.69, 9.17) is 23.1 Å². The molecule has 7 rings (SSSR count). The first-order valence-electron chi connectivity index (χ1n) is 18.0. The lowest BCUT2D eigenvalue weighted by atomic mass is 9.68. The minimum Gasteiger partial charge on any atom is -0.497 e. The predicted molar refractivity (Wildman–Crippen MR) is 208 cm³/mol. The van der Waals surface area contributed by atoms with Crippen molar-refractivity contribution in [2.45, 2.75) is 47.6 Å². The molecule has 0 saturated heterocycles. The molecule has 2 N–H and O–H groups in total. The first-order chi connectivity index (χ1) is 26.8. The number of rotatable bonds is 13. The SMILES string of the molecule is COc1cccc([C@]23C=C(c4cc(OC)ccc4C4=CC[C@](O)(CCOS(=O)(=O)c5ccc([N+](=O)[O-])cc5)CC4=O)CN[C@H]2Cc2cc(OC)cc(OC)c23)c1. The van der Waals surface area contributed by atoms with Crippen LogP contribution in [0.15, 0.2) is 95.9 Å². The Kier molecular flexibility index (Phi) is 10.5. The number of non-ortho nitro benzene ring substituents is 1. The van der Waals surface area contributed by atoms with E-state index in [1.807, 2.05) is 42.5 Å². The van der Waals surface area contributed by atoms with Crippen molar-refractivity contribution < 1.29 is 46.4 Å². The van der Waals surface area contributed by atoms with Crippen LogP contribution in [0.5, 0.6) is 23.0 Å². The van der Waals surface area contributed by atoms with Gasteiger partial charge in [-0.1, -0.05) is 24.3 Å². The molecule has 4 aromatic rings. The van der Waals surface area contributed by atoms with Crippen molar-refractivity contribution in [2.75, 3.05) is 41.6 Å². The maximum Gasteiger partial charge on any atom is 0.296 e. The summed E-state index contributed by atoms with van der Waals surface area (Å²) in [7, 11) is 2.24. The van der Waals surface area contributed by atoms with Crippen molar-refractivity contribution in [3.63, 3.8) is 0 Å². The van der Waals surface area contributed by atoms with Crippen molar-refractivity contribution in [2.24, 2.45) is 0 Å². The summed E-state index contributed by atoms with van der Waals surface area (Å²) in [4.78, 5) is 24.0. The molecule has 14 heteroatoms. The van der Waals surface area contributed by atoms with E-state index < -0.39 is 32.7 Å². The largest absolute Gasteiger partial charge is 0.497 e. The van der Waals surface area contributed by atoms with Crippen LogP contribution in [0.25, 0.3) is 11.1 Å². The Morgan fingerprint density at radius 1 is 0.893 bits per heavy atom. The molecule has 4 aromatic carbocycles. The minimum absolute atomic E-state index is 0.0552. The number of carbonyl (C=O) groups is 1. The summed E-state index contributed by atoms with van der Waals surface area (Å²) < 4.78 is 53.7. The second-order valence-corrected chi connectivity index (χ2v) is 15.7. The number of fused-ring (bicyclic) bond motifs is 3. The Balaban J connectivity index is 1.23. The van der Waals surface area contributed by atoms with Crippen LogP contribution >= 0.6 is 0 Å². The summed E-state index contributed by atoms with van der Waals surface area (Å²) in [6.45, 7) is 0.0823. The summed E-state index contributed by atoms with van der Waals surface area (Å²) >= 11 is 0. The van der Waals surface area contributed by atoms with Crippen LogP contribution in [0.4, 0.5) is 5.69 Å². The van der Waals surface area contributed by atoms with Gasteiger partial charge in [-0.05, 0) is 89.2 Å². The highest BCUT2D eigenvalue weighted by atomic mass is 32.2. The van der Waals surface area contributed by atoms with Crippen molar-refractivity contribution in [3.8, 4) is 23.0 Å². The van der Waals surface area contributed by atoms with E-state index in [0.717, 1.165) is 52.1 Å². The maximum absolute atomic E-state index is 14.0. The summed E-state index contributed by atoms with van der Waals surface area (Å²) in [6.07, 6.45) is 4.32. The number of ketones is 1. The molecule has 3 aliphatic rings. The normalized spacial score (nSPS) is 21.7. The highest BCUT2D eigenvalue weighted by Crippen LogP contribution is 2.54. The van der Waals surface area contributed by atoms with Crippen molar-refractivity contribution in [3.05, 3.63) is 129 Å². The fourth-order valence-electron chi connectivity index (χ4n) is 8.17. The molecule has 0 unspecified atom stereocenters. The third-order valence-electron chi connectivity index (χ3n) is 11.0.